The summed E-state index contributed by atoms with van der Waals surface area (Å²) in [6.45, 7) is 0.817. The van der Waals surface area contributed by atoms with Crippen molar-refractivity contribution in [3.8, 4) is 17.2 Å². The van der Waals surface area contributed by atoms with Crippen molar-refractivity contribution >= 4 is 23.2 Å². The number of carbonyl (C=O) groups is 1. The van der Waals surface area contributed by atoms with Gasteiger partial charge in [0.1, 0.15) is 19.0 Å². The normalized spacial score (nSPS) is 13.7. The van der Waals surface area contributed by atoms with Crippen LogP contribution in [-0.4, -0.2) is 26.2 Å². The third-order valence-electron chi connectivity index (χ3n) is 4.58. The van der Waals surface area contributed by atoms with Crippen LogP contribution in [0.4, 0.5) is 5.69 Å². The van der Waals surface area contributed by atoms with Crippen LogP contribution < -0.4 is 19.5 Å². The van der Waals surface area contributed by atoms with Gasteiger partial charge >= 0.3 is 0 Å². The molecule has 0 bridgehead atoms. The maximum absolute atomic E-state index is 12.2. The van der Waals surface area contributed by atoms with Crippen LogP contribution >= 0.6 is 0 Å². The Bertz CT molecular complexity index is 1040. The molecule has 0 fully saturated rings. The van der Waals surface area contributed by atoms with Crippen LogP contribution in [-0.2, 0) is 4.79 Å². The van der Waals surface area contributed by atoms with Crippen LogP contribution in [0.2, 0.25) is 0 Å². The summed E-state index contributed by atoms with van der Waals surface area (Å²) < 4.78 is 16.7. The molecule has 0 saturated heterocycles. The van der Waals surface area contributed by atoms with E-state index in [9.17, 15) is 4.79 Å². The Morgan fingerprint density at radius 1 is 0.828 bits per heavy atom. The number of amides is 1. The predicted octanol–water partition coefficient (Wildman–Crippen LogP) is 4.65. The molecule has 0 aromatic heterocycles. The minimum absolute atomic E-state index is 0.0833. The van der Waals surface area contributed by atoms with E-state index in [4.69, 9.17) is 14.2 Å². The van der Waals surface area contributed by atoms with E-state index in [2.05, 4.69) is 5.32 Å². The molecule has 0 aliphatic carbocycles. The number of benzene rings is 3. The maximum atomic E-state index is 12.2. The Balaban J connectivity index is 1.35. The van der Waals surface area contributed by atoms with Crippen LogP contribution in [0.3, 0.4) is 0 Å². The van der Waals surface area contributed by atoms with Gasteiger partial charge in [-0.2, -0.15) is 0 Å². The smallest absolute Gasteiger partial charge is 0.256 e. The lowest BCUT2D eigenvalue weighted by molar-refractivity contribution is -0.110. The number of ether oxygens (including phenoxy) is 3. The Hall–Kier alpha value is -3.73. The number of para-hydroxylation sites is 3. The van der Waals surface area contributed by atoms with Crippen molar-refractivity contribution in [3.63, 3.8) is 0 Å². The fourth-order valence-electron chi connectivity index (χ4n) is 3.16. The average Bonchev–Trinajstić information content (AvgIpc) is 3.07. The zero-order valence-electron chi connectivity index (χ0n) is 16.1. The van der Waals surface area contributed by atoms with Gasteiger partial charge in [-0.15, -0.1) is 0 Å². The second-order valence-electron chi connectivity index (χ2n) is 6.47. The molecule has 29 heavy (non-hydrogen) atoms. The number of methoxy groups -OCH3 is 1. The SMILES string of the molecule is COc1ccccc1OCCOc1ccc(/C=C2/C(=O)Nc3ccccc32)cc1. The fraction of sp³-hybridized carbons (Fsp3) is 0.125. The molecule has 1 N–H and O–H groups in total. The summed E-state index contributed by atoms with van der Waals surface area (Å²) in [4.78, 5) is 12.2. The van der Waals surface area contributed by atoms with Gasteiger partial charge in [0.15, 0.2) is 11.5 Å². The summed E-state index contributed by atoms with van der Waals surface area (Å²) in [7, 11) is 1.61. The van der Waals surface area contributed by atoms with Gasteiger partial charge in [-0.05, 0) is 42.0 Å². The largest absolute Gasteiger partial charge is 0.493 e. The number of hydrogen-bond donors (Lipinski definition) is 1. The molecule has 3 aromatic rings. The van der Waals surface area contributed by atoms with Crippen LogP contribution in [0.1, 0.15) is 11.1 Å². The third-order valence-corrected chi connectivity index (χ3v) is 4.58. The summed E-state index contributed by atoms with van der Waals surface area (Å²) in [5.41, 5.74) is 3.37. The summed E-state index contributed by atoms with van der Waals surface area (Å²) in [5.74, 6) is 2.05. The number of rotatable bonds is 7. The lowest BCUT2D eigenvalue weighted by Crippen LogP contribution is -2.09. The number of fused-ring (bicyclic) bond motifs is 1. The Labute approximate surface area is 169 Å². The average molecular weight is 387 g/mol. The van der Waals surface area contributed by atoms with E-state index in [0.29, 0.717) is 30.3 Å². The van der Waals surface area contributed by atoms with Gasteiger partial charge in [0.25, 0.3) is 5.91 Å². The first kappa shape index (κ1) is 18.6. The third kappa shape index (κ3) is 4.24. The minimum atomic E-state index is -0.0833. The van der Waals surface area contributed by atoms with Crippen molar-refractivity contribution in [3.05, 3.63) is 83.9 Å². The molecule has 1 aliphatic heterocycles. The zero-order valence-corrected chi connectivity index (χ0v) is 16.1. The second-order valence-corrected chi connectivity index (χ2v) is 6.47. The summed E-state index contributed by atoms with van der Waals surface area (Å²) in [5, 5.41) is 2.88. The van der Waals surface area contributed by atoms with Gasteiger partial charge in [-0.25, -0.2) is 0 Å². The highest BCUT2D eigenvalue weighted by Crippen LogP contribution is 2.32. The predicted molar refractivity (Wildman–Crippen MR) is 113 cm³/mol. The molecule has 0 unspecified atom stereocenters. The molecule has 0 atom stereocenters. The van der Waals surface area contributed by atoms with Crippen molar-refractivity contribution in [2.75, 3.05) is 25.6 Å². The highest BCUT2D eigenvalue weighted by molar-refractivity contribution is 6.34. The summed E-state index contributed by atoms with van der Waals surface area (Å²) >= 11 is 0. The van der Waals surface area contributed by atoms with E-state index in [1.807, 2.05) is 78.9 Å². The van der Waals surface area contributed by atoms with Crippen molar-refractivity contribution in [1.82, 2.24) is 0 Å². The molecule has 0 saturated carbocycles. The zero-order chi connectivity index (χ0) is 20.1. The molecule has 5 nitrogen and oxygen atoms in total. The van der Waals surface area contributed by atoms with E-state index in [1.165, 1.54) is 0 Å². The lowest BCUT2D eigenvalue weighted by atomic mass is 10.0. The maximum Gasteiger partial charge on any atom is 0.256 e. The number of anilines is 1. The molecule has 1 amide bonds. The van der Waals surface area contributed by atoms with Gasteiger partial charge in [0, 0.05) is 16.8 Å². The van der Waals surface area contributed by atoms with Crippen LogP contribution in [0.5, 0.6) is 17.2 Å². The molecular formula is C24H21NO4. The minimum Gasteiger partial charge on any atom is -0.493 e. The Morgan fingerprint density at radius 3 is 2.31 bits per heavy atom. The Kier molecular flexibility index (Phi) is 5.47. The van der Waals surface area contributed by atoms with Crippen molar-refractivity contribution in [1.29, 1.82) is 0 Å². The van der Waals surface area contributed by atoms with Gasteiger partial charge in [-0.1, -0.05) is 42.5 Å². The first-order chi connectivity index (χ1) is 14.2. The van der Waals surface area contributed by atoms with Crippen molar-refractivity contribution in [2.24, 2.45) is 0 Å². The topological polar surface area (TPSA) is 56.8 Å². The fourth-order valence-corrected chi connectivity index (χ4v) is 3.16. The van der Waals surface area contributed by atoms with Gasteiger partial charge in [0.05, 0.1) is 7.11 Å². The lowest BCUT2D eigenvalue weighted by Gasteiger charge is -2.11. The molecule has 1 aliphatic rings. The number of carbonyl (C=O) groups excluding carboxylic acids is 1. The number of hydrogen-bond acceptors (Lipinski definition) is 4. The monoisotopic (exact) mass is 387 g/mol. The van der Waals surface area contributed by atoms with Crippen molar-refractivity contribution in [2.45, 2.75) is 0 Å². The van der Waals surface area contributed by atoms with E-state index >= 15 is 0 Å². The molecule has 4 rings (SSSR count). The van der Waals surface area contributed by atoms with E-state index in [1.54, 1.807) is 7.11 Å². The van der Waals surface area contributed by atoms with E-state index < -0.39 is 0 Å². The highest BCUT2D eigenvalue weighted by atomic mass is 16.5. The molecular weight excluding hydrogens is 366 g/mol. The Morgan fingerprint density at radius 2 is 1.52 bits per heavy atom. The van der Waals surface area contributed by atoms with Gasteiger partial charge in [-0.3, -0.25) is 4.79 Å². The number of nitrogens with one attached hydrogen (secondary N) is 1. The molecule has 0 spiro atoms. The van der Waals surface area contributed by atoms with Gasteiger partial charge < -0.3 is 19.5 Å². The van der Waals surface area contributed by atoms with Crippen LogP contribution in [0.25, 0.3) is 11.6 Å². The molecule has 0 radical (unpaired) electrons. The molecule has 3 aromatic carbocycles. The van der Waals surface area contributed by atoms with E-state index in [0.717, 1.165) is 22.6 Å². The van der Waals surface area contributed by atoms with E-state index in [-0.39, 0.29) is 5.91 Å². The first-order valence-electron chi connectivity index (χ1n) is 9.36. The summed E-state index contributed by atoms with van der Waals surface area (Å²) in [6.07, 6.45) is 1.88. The highest BCUT2D eigenvalue weighted by Gasteiger charge is 2.23. The summed E-state index contributed by atoms with van der Waals surface area (Å²) in [6, 6.07) is 22.8. The second kappa shape index (κ2) is 8.52. The van der Waals surface area contributed by atoms with Gasteiger partial charge in [0.2, 0.25) is 0 Å². The van der Waals surface area contributed by atoms with Crippen molar-refractivity contribution < 1.29 is 19.0 Å². The standard InChI is InChI=1S/C24H21NO4/c1-27-22-8-4-5-9-23(22)29-15-14-28-18-12-10-17(11-13-18)16-20-19-6-2-3-7-21(19)25-24(20)26/h2-13,16H,14-15H2,1H3,(H,25,26)/b20-16+. The van der Waals surface area contributed by atoms with Crippen LogP contribution in [0, 0.1) is 0 Å². The van der Waals surface area contributed by atoms with Crippen LogP contribution in [0.15, 0.2) is 72.8 Å². The molecule has 146 valence electrons. The quantitative estimate of drug-likeness (QED) is 0.474. The molecule has 1 heterocycles. The molecule has 5 heteroatoms. The first-order valence-corrected chi connectivity index (χ1v) is 9.36.